The Bertz CT molecular complexity index is 456. The lowest BCUT2D eigenvalue weighted by Gasteiger charge is -1.94. The molecule has 1 N–H and O–H groups in total. The lowest BCUT2D eigenvalue weighted by atomic mass is 10.2. The Labute approximate surface area is 64.6 Å². The van der Waals surface area contributed by atoms with Crippen LogP contribution >= 0.6 is 0 Å². The molecule has 0 bridgehead atoms. The average molecular weight is 126 g/mol. The molecule has 0 atom stereocenters. The summed E-state index contributed by atoms with van der Waals surface area (Å²) >= 11 is 0. The highest BCUT2D eigenvalue weighted by Gasteiger charge is 2.05. The second-order valence-corrected chi connectivity index (χ2v) is 1.71. The second kappa shape index (κ2) is 1.76. The van der Waals surface area contributed by atoms with Crippen LogP contribution in [0.1, 0.15) is 13.8 Å². The number of nitrogens with one attached hydrogen (secondary N) is 1. The van der Waals surface area contributed by atoms with Crippen molar-refractivity contribution in [2.45, 2.75) is 6.37 Å². The molecule has 1 heteroatoms. The molecule has 1 aromatic rings. The summed E-state index contributed by atoms with van der Waals surface area (Å²) in [6, 6.07) is 2.03. The summed E-state index contributed by atoms with van der Waals surface area (Å²) in [5.74, 6) is 0. The van der Waals surface area contributed by atoms with Gasteiger partial charge in [-0.2, -0.15) is 0 Å². The average Bonchev–Trinajstić information content (AvgIpc) is 2.31. The van der Waals surface area contributed by atoms with Gasteiger partial charge in [0.2, 0.25) is 0 Å². The van der Waals surface area contributed by atoms with Crippen molar-refractivity contribution in [3.8, 4) is 0 Å². The zero-order chi connectivity index (χ0) is 12.3. The summed E-state index contributed by atoms with van der Waals surface area (Å²) in [4.78, 5) is 0. The van der Waals surface area contributed by atoms with Gasteiger partial charge in [0.1, 0.15) is 0 Å². The van der Waals surface area contributed by atoms with E-state index in [1.165, 1.54) is 12.1 Å². The van der Waals surface area contributed by atoms with Crippen molar-refractivity contribution in [1.29, 1.82) is 0 Å². The minimum atomic E-state index is -2.53. The molecular weight excluding hydrogens is 110 g/mol. The first-order valence-corrected chi connectivity index (χ1v) is 2.61. The Balaban J connectivity index is 2.79. The Morgan fingerprint density at radius 1 is 1.89 bits per heavy atom. The topological polar surface area (TPSA) is 12.0 Å². The Hall–Kier alpha value is -0.980. The first kappa shape index (κ1) is 1.54. The molecule has 0 radical (unpaired) electrons. The van der Waals surface area contributed by atoms with Gasteiger partial charge in [0, 0.05) is 17.7 Å². The third kappa shape index (κ3) is 0.689. The fraction of sp³-hybridized carbons (Fsp3) is 0.250. The van der Waals surface area contributed by atoms with Crippen molar-refractivity contribution in [2.75, 3.05) is 11.8 Å². The van der Waals surface area contributed by atoms with Crippen molar-refractivity contribution < 1.29 is 9.64 Å². The highest BCUT2D eigenvalue weighted by atomic mass is 14.9. The van der Waals surface area contributed by atoms with Gasteiger partial charge in [-0.3, -0.25) is 0 Å². The van der Waals surface area contributed by atoms with Crippen molar-refractivity contribution in [3.05, 3.63) is 29.8 Å². The third-order valence-electron chi connectivity index (χ3n) is 1.14. The molecule has 0 saturated carbocycles. The van der Waals surface area contributed by atoms with Crippen LogP contribution in [-0.2, 0) is 6.37 Å². The summed E-state index contributed by atoms with van der Waals surface area (Å²) in [5.41, 5.74) is -0.212. The molecule has 0 fully saturated rings. The van der Waals surface area contributed by atoms with Crippen LogP contribution in [0, 0.1) is 0 Å². The van der Waals surface area contributed by atoms with Crippen LogP contribution in [-0.4, -0.2) is 6.50 Å². The summed E-state index contributed by atoms with van der Waals surface area (Å²) in [7, 11) is 0. The molecule has 0 aromatic heterocycles. The van der Waals surface area contributed by atoms with Crippen LogP contribution in [0.15, 0.2) is 24.2 Å². The summed E-state index contributed by atoms with van der Waals surface area (Å²) in [6.45, 7) is -2.53. The van der Waals surface area contributed by atoms with E-state index < -0.39 is 12.9 Å². The van der Waals surface area contributed by atoms with Gasteiger partial charge in [-0.25, -0.2) is 0 Å². The van der Waals surface area contributed by atoms with E-state index >= 15 is 0 Å². The van der Waals surface area contributed by atoms with E-state index in [1.807, 2.05) is 0 Å². The molecule has 0 saturated heterocycles. The molecule has 1 aromatic carbocycles. The lowest BCUT2D eigenvalue weighted by molar-refractivity contribution is 1.11. The van der Waals surface area contributed by atoms with Crippen molar-refractivity contribution >= 4 is 5.69 Å². The molecule has 2 rings (SSSR count). The minimum Gasteiger partial charge on any atom is -0.384 e. The number of rotatable bonds is 0. The van der Waals surface area contributed by atoms with E-state index in [0.29, 0.717) is 5.31 Å². The summed E-state index contributed by atoms with van der Waals surface area (Å²) in [6.07, 6.45) is -2.46. The highest BCUT2D eigenvalue weighted by Crippen LogP contribution is 2.19. The molecule has 0 spiro atoms. The smallest absolute Gasteiger partial charge is 0.160 e. The molecule has 0 amide bonds. The Morgan fingerprint density at radius 3 is 3.89 bits per heavy atom. The predicted octanol–water partition coefficient (Wildman–Crippen LogP) is 1.65. The summed E-state index contributed by atoms with van der Waals surface area (Å²) < 4.78 is 52.9. The van der Waals surface area contributed by atoms with Crippen LogP contribution in [0.25, 0.3) is 0 Å². The second-order valence-electron chi connectivity index (χ2n) is 1.71. The van der Waals surface area contributed by atoms with Crippen molar-refractivity contribution in [2.24, 2.45) is 0 Å². The SMILES string of the molecule is [2H]c1ccc2c(c1[2H])C([2H])([2H])C([2H])([2H])N2[2H]. The zero-order valence-corrected chi connectivity index (χ0v) is 4.60. The van der Waals surface area contributed by atoms with E-state index in [1.54, 1.807) is 0 Å². The van der Waals surface area contributed by atoms with Gasteiger partial charge in [-0.05, 0) is 18.0 Å². The van der Waals surface area contributed by atoms with E-state index in [9.17, 15) is 0 Å². The number of hydrogen-bond donors (Lipinski definition) is 1. The molecule has 46 valence electrons. The fourth-order valence-corrected chi connectivity index (χ4v) is 0.714. The van der Waals surface area contributed by atoms with Crippen molar-refractivity contribution in [3.63, 3.8) is 0 Å². The maximum atomic E-state index is 7.67. The van der Waals surface area contributed by atoms with Gasteiger partial charge in [-0.1, -0.05) is 18.2 Å². The van der Waals surface area contributed by atoms with Gasteiger partial charge in [-0.15, -0.1) is 0 Å². The van der Waals surface area contributed by atoms with Crippen LogP contribution in [0.2, 0.25) is 1.41 Å². The molecule has 9 heavy (non-hydrogen) atoms. The quantitative estimate of drug-likeness (QED) is 0.557. The van der Waals surface area contributed by atoms with Crippen LogP contribution in [0.3, 0.4) is 0 Å². The number of hydrogen-bond acceptors (Lipinski definition) is 1. The van der Waals surface area contributed by atoms with Gasteiger partial charge in [0.15, 0.2) is 1.41 Å². The molecule has 1 heterocycles. The Morgan fingerprint density at radius 2 is 2.89 bits per heavy atom. The standard InChI is InChI=1S/C8H9N/c1-2-4-8-7(3-1)5-6-9-8/h1-4,9H,5-6H2/i1D,3D,5D2,6D2/hD. The van der Waals surface area contributed by atoms with E-state index in [4.69, 9.17) is 9.64 Å². The maximum Gasteiger partial charge on any atom is 0.160 e. The van der Waals surface area contributed by atoms with Crippen LogP contribution < -0.4 is 5.31 Å². The van der Waals surface area contributed by atoms with Crippen LogP contribution in [0.4, 0.5) is 5.69 Å². The first-order valence-electron chi connectivity index (χ1n) is 6.06. The Kier molecular flexibility index (Phi) is 0.301. The molecule has 1 aliphatic heterocycles. The largest absolute Gasteiger partial charge is 0.384 e. The first-order chi connectivity index (χ1) is 7.21. The predicted molar refractivity (Wildman–Crippen MR) is 38.6 cm³/mol. The van der Waals surface area contributed by atoms with Crippen molar-refractivity contribution in [1.82, 2.24) is 0 Å². The highest BCUT2D eigenvalue weighted by molar-refractivity contribution is 5.54. The normalized spacial score (nSPS) is 38.2. The molecule has 1 aliphatic rings. The number of fused-ring (bicyclic) bond motifs is 1. The molecular formula is C8H9N. The zero-order valence-electron chi connectivity index (χ0n) is 11.6. The third-order valence-corrected chi connectivity index (χ3v) is 1.14. The monoisotopic (exact) mass is 126 g/mol. The lowest BCUT2D eigenvalue weighted by Crippen LogP contribution is -1.90. The minimum absolute atomic E-state index is 0.0102. The molecule has 1 nitrogen and oxygen atoms in total. The van der Waals surface area contributed by atoms with E-state index in [2.05, 4.69) is 0 Å². The van der Waals surface area contributed by atoms with E-state index in [0.717, 1.165) is 0 Å². The van der Waals surface area contributed by atoms with Gasteiger partial charge in [0.05, 0.1) is 2.74 Å². The number of benzene rings is 1. The summed E-state index contributed by atoms with van der Waals surface area (Å²) in [5, 5.41) is 0.430. The van der Waals surface area contributed by atoms with Gasteiger partial charge < -0.3 is 5.31 Å². The number of para-hydroxylation sites is 1. The van der Waals surface area contributed by atoms with Crippen LogP contribution in [0.5, 0.6) is 0 Å². The van der Waals surface area contributed by atoms with Gasteiger partial charge in [0.25, 0.3) is 0 Å². The van der Waals surface area contributed by atoms with Gasteiger partial charge >= 0.3 is 0 Å². The maximum absolute atomic E-state index is 7.67. The molecule has 0 aliphatic carbocycles. The van der Waals surface area contributed by atoms with E-state index in [-0.39, 0.29) is 23.3 Å². The number of anilines is 1. The molecule has 0 unspecified atom stereocenters. The fourth-order valence-electron chi connectivity index (χ4n) is 0.714.